The lowest BCUT2D eigenvalue weighted by molar-refractivity contribution is -0.130. The molecule has 3 heteroatoms. The fraction of sp³-hybridized carbons (Fsp3) is 0.769. The molecular formula is C13H22N2O. The van der Waals surface area contributed by atoms with E-state index in [1.807, 2.05) is 0 Å². The molecule has 1 amide bonds. The zero-order valence-corrected chi connectivity index (χ0v) is 10.1. The van der Waals surface area contributed by atoms with Crippen molar-refractivity contribution < 1.29 is 4.79 Å². The largest absolute Gasteiger partial charge is 0.341 e. The second-order valence-electron chi connectivity index (χ2n) is 4.83. The first-order chi connectivity index (χ1) is 7.81. The van der Waals surface area contributed by atoms with Crippen LogP contribution in [0.3, 0.4) is 0 Å². The number of carbonyl (C=O) groups excluding carboxylic acids is 1. The number of nitrogens with zero attached hydrogens (tertiary/aromatic N) is 1. The molecule has 0 aromatic rings. The van der Waals surface area contributed by atoms with Gasteiger partial charge >= 0.3 is 0 Å². The van der Waals surface area contributed by atoms with Gasteiger partial charge in [0.25, 0.3) is 0 Å². The van der Waals surface area contributed by atoms with E-state index in [-0.39, 0.29) is 6.04 Å². The summed E-state index contributed by atoms with van der Waals surface area (Å²) < 4.78 is 0. The van der Waals surface area contributed by atoms with E-state index in [4.69, 9.17) is 0 Å². The summed E-state index contributed by atoms with van der Waals surface area (Å²) in [7, 11) is 0. The van der Waals surface area contributed by atoms with Crippen LogP contribution in [0.1, 0.15) is 32.6 Å². The van der Waals surface area contributed by atoms with Crippen LogP contribution in [0.4, 0.5) is 0 Å². The molecule has 0 aromatic heterocycles. The van der Waals surface area contributed by atoms with Crippen molar-refractivity contribution in [3.05, 3.63) is 12.2 Å². The Hall–Kier alpha value is -0.830. The van der Waals surface area contributed by atoms with Gasteiger partial charge in [-0.15, -0.1) is 0 Å². The van der Waals surface area contributed by atoms with Crippen LogP contribution in [0.25, 0.3) is 0 Å². The molecule has 2 atom stereocenters. The Morgan fingerprint density at radius 2 is 2.31 bits per heavy atom. The van der Waals surface area contributed by atoms with E-state index in [2.05, 4.69) is 29.3 Å². The summed E-state index contributed by atoms with van der Waals surface area (Å²) in [6.07, 6.45) is 9.07. The molecule has 0 saturated carbocycles. The van der Waals surface area contributed by atoms with E-state index in [1.165, 1.54) is 12.8 Å². The third-order valence-corrected chi connectivity index (χ3v) is 3.60. The SMILES string of the molecule is CCNC1CCN(CC2CC=CCC2)C1=O. The molecule has 2 aliphatic rings. The van der Waals surface area contributed by atoms with Gasteiger partial charge < -0.3 is 10.2 Å². The molecule has 0 spiro atoms. The lowest BCUT2D eigenvalue weighted by Gasteiger charge is -2.24. The fourth-order valence-electron chi connectivity index (χ4n) is 2.69. The highest BCUT2D eigenvalue weighted by atomic mass is 16.2. The fourth-order valence-corrected chi connectivity index (χ4v) is 2.69. The van der Waals surface area contributed by atoms with Crippen LogP contribution in [-0.4, -0.2) is 36.5 Å². The number of likely N-dealkylation sites (tertiary alicyclic amines) is 1. The van der Waals surface area contributed by atoms with Gasteiger partial charge in [0.15, 0.2) is 0 Å². The van der Waals surface area contributed by atoms with Gasteiger partial charge in [-0.2, -0.15) is 0 Å². The van der Waals surface area contributed by atoms with E-state index in [9.17, 15) is 4.79 Å². The van der Waals surface area contributed by atoms with Crippen LogP contribution in [0.2, 0.25) is 0 Å². The molecule has 1 saturated heterocycles. The number of hydrogen-bond donors (Lipinski definition) is 1. The third-order valence-electron chi connectivity index (χ3n) is 3.60. The minimum absolute atomic E-state index is 0.0872. The summed E-state index contributed by atoms with van der Waals surface area (Å²) in [6.45, 7) is 4.85. The maximum absolute atomic E-state index is 12.0. The highest BCUT2D eigenvalue weighted by Crippen LogP contribution is 2.22. The quantitative estimate of drug-likeness (QED) is 0.732. The number of nitrogens with one attached hydrogen (secondary N) is 1. The molecule has 3 nitrogen and oxygen atoms in total. The molecular weight excluding hydrogens is 200 g/mol. The number of allylic oxidation sites excluding steroid dienone is 2. The highest BCUT2D eigenvalue weighted by molar-refractivity contribution is 5.83. The summed E-state index contributed by atoms with van der Waals surface area (Å²) >= 11 is 0. The van der Waals surface area contributed by atoms with E-state index in [0.29, 0.717) is 11.8 Å². The van der Waals surface area contributed by atoms with Crippen LogP contribution in [0.15, 0.2) is 12.2 Å². The van der Waals surface area contributed by atoms with Gasteiger partial charge in [-0.05, 0) is 38.1 Å². The van der Waals surface area contributed by atoms with E-state index < -0.39 is 0 Å². The Morgan fingerprint density at radius 3 is 3.00 bits per heavy atom. The standard InChI is InChI=1S/C13H22N2O/c1-2-14-12-8-9-15(13(12)16)10-11-6-4-3-5-7-11/h3-4,11-12,14H,2,5-10H2,1H3. The van der Waals surface area contributed by atoms with Crippen molar-refractivity contribution in [3.8, 4) is 0 Å². The predicted molar refractivity (Wildman–Crippen MR) is 65.1 cm³/mol. The van der Waals surface area contributed by atoms with Crippen LogP contribution >= 0.6 is 0 Å². The average molecular weight is 222 g/mol. The predicted octanol–water partition coefficient (Wildman–Crippen LogP) is 1.55. The van der Waals surface area contributed by atoms with E-state index in [1.54, 1.807) is 0 Å². The maximum Gasteiger partial charge on any atom is 0.239 e. The summed E-state index contributed by atoms with van der Waals surface area (Å²) in [6, 6.07) is 0.0872. The van der Waals surface area contributed by atoms with Crippen molar-refractivity contribution in [1.29, 1.82) is 0 Å². The van der Waals surface area contributed by atoms with Gasteiger partial charge in [-0.25, -0.2) is 0 Å². The Morgan fingerprint density at radius 1 is 1.44 bits per heavy atom. The lowest BCUT2D eigenvalue weighted by Crippen LogP contribution is -2.39. The second kappa shape index (κ2) is 5.48. The molecule has 1 aliphatic carbocycles. The topological polar surface area (TPSA) is 32.3 Å². The van der Waals surface area contributed by atoms with Gasteiger partial charge in [-0.3, -0.25) is 4.79 Å². The summed E-state index contributed by atoms with van der Waals surface area (Å²) in [4.78, 5) is 14.1. The van der Waals surface area contributed by atoms with Crippen molar-refractivity contribution in [1.82, 2.24) is 10.2 Å². The summed E-state index contributed by atoms with van der Waals surface area (Å²) in [5.41, 5.74) is 0. The van der Waals surface area contributed by atoms with Gasteiger partial charge in [0.05, 0.1) is 6.04 Å². The maximum atomic E-state index is 12.0. The molecule has 2 rings (SSSR count). The molecule has 0 aromatic carbocycles. The van der Waals surface area contributed by atoms with Crippen LogP contribution in [0, 0.1) is 5.92 Å². The van der Waals surface area contributed by atoms with Gasteiger partial charge in [0.1, 0.15) is 0 Å². The molecule has 16 heavy (non-hydrogen) atoms. The van der Waals surface area contributed by atoms with Crippen LogP contribution in [-0.2, 0) is 4.79 Å². The summed E-state index contributed by atoms with van der Waals surface area (Å²) in [5, 5.41) is 3.26. The normalized spacial score (nSPS) is 30.1. The highest BCUT2D eigenvalue weighted by Gasteiger charge is 2.31. The first-order valence-electron chi connectivity index (χ1n) is 6.48. The minimum atomic E-state index is 0.0872. The molecule has 1 N–H and O–H groups in total. The number of amides is 1. The Kier molecular flexibility index (Phi) is 3.99. The van der Waals surface area contributed by atoms with Crippen molar-refractivity contribution in [2.45, 2.75) is 38.6 Å². The number of rotatable bonds is 4. The molecule has 1 fully saturated rings. The number of likely N-dealkylation sites (N-methyl/N-ethyl adjacent to an activating group) is 1. The van der Waals surface area contributed by atoms with Crippen molar-refractivity contribution >= 4 is 5.91 Å². The molecule has 0 bridgehead atoms. The Labute approximate surface area is 97.9 Å². The second-order valence-corrected chi connectivity index (χ2v) is 4.83. The first kappa shape index (κ1) is 11.6. The molecule has 1 heterocycles. The van der Waals surface area contributed by atoms with E-state index in [0.717, 1.165) is 32.5 Å². The van der Waals surface area contributed by atoms with Crippen LogP contribution in [0.5, 0.6) is 0 Å². The van der Waals surface area contributed by atoms with Gasteiger partial charge in [0.2, 0.25) is 5.91 Å². The average Bonchev–Trinajstić information content (AvgIpc) is 2.64. The Balaban J connectivity index is 1.82. The van der Waals surface area contributed by atoms with Crippen molar-refractivity contribution in [2.75, 3.05) is 19.6 Å². The molecule has 0 radical (unpaired) electrons. The lowest BCUT2D eigenvalue weighted by atomic mass is 9.94. The third kappa shape index (κ3) is 2.64. The zero-order valence-electron chi connectivity index (χ0n) is 10.1. The smallest absolute Gasteiger partial charge is 0.239 e. The van der Waals surface area contributed by atoms with Gasteiger partial charge in [0, 0.05) is 13.1 Å². The molecule has 1 aliphatic heterocycles. The zero-order chi connectivity index (χ0) is 11.4. The molecule has 90 valence electrons. The van der Waals surface area contributed by atoms with Crippen molar-refractivity contribution in [2.24, 2.45) is 5.92 Å². The van der Waals surface area contributed by atoms with E-state index >= 15 is 0 Å². The van der Waals surface area contributed by atoms with Crippen LogP contribution < -0.4 is 5.32 Å². The van der Waals surface area contributed by atoms with Gasteiger partial charge in [-0.1, -0.05) is 19.1 Å². The Bertz CT molecular complexity index is 275. The minimum Gasteiger partial charge on any atom is -0.341 e. The summed E-state index contributed by atoms with van der Waals surface area (Å²) in [5.74, 6) is 1.01. The van der Waals surface area contributed by atoms with Crippen molar-refractivity contribution in [3.63, 3.8) is 0 Å². The monoisotopic (exact) mass is 222 g/mol. The number of hydrogen-bond acceptors (Lipinski definition) is 2. The first-order valence-corrected chi connectivity index (χ1v) is 6.48. The number of carbonyl (C=O) groups is 1. The molecule has 2 unspecified atom stereocenters.